The van der Waals surface area contributed by atoms with Crippen molar-refractivity contribution in [2.45, 2.75) is 39.7 Å². The number of rotatable bonds is 7. The molecule has 2 rings (SSSR count). The predicted octanol–water partition coefficient (Wildman–Crippen LogP) is 2.89. The smallest absolute Gasteiger partial charge is 0.243 e. The number of benzene rings is 1. The first-order chi connectivity index (χ1) is 13.3. The van der Waals surface area contributed by atoms with Gasteiger partial charge in [0, 0.05) is 11.5 Å². The Labute approximate surface area is 170 Å². The second kappa shape index (κ2) is 9.43. The van der Waals surface area contributed by atoms with E-state index in [9.17, 15) is 20.1 Å². The highest BCUT2D eigenvalue weighted by atomic mass is 32.2. The van der Waals surface area contributed by atoms with Crippen molar-refractivity contribution in [1.82, 2.24) is 10.6 Å². The Hall–Kier alpha value is -2.77. The van der Waals surface area contributed by atoms with E-state index in [1.165, 1.54) is 5.56 Å². The molecule has 7 heteroatoms. The lowest BCUT2D eigenvalue weighted by molar-refractivity contribution is -0.125. The van der Waals surface area contributed by atoms with E-state index in [1.54, 1.807) is 13.8 Å². The van der Waals surface area contributed by atoms with Gasteiger partial charge in [-0.05, 0) is 25.3 Å². The van der Waals surface area contributed by atoms with Crippen LogP contribution >= 0.6 is 11.8 Å². The van der Waals surface area contributed by atoms with Crippen molar-refractivity contribution in [3.8, 4) is 12.1 Å². The Morgan fingerprint density at radius 2 is 2.00 bits per heavy atom. The van der Waals surface area contributed by atoms with Gasteiger partial charge in [-0.1, -0.05) is 55.9 Å². The Kier molecular flexibility index (Phi) is 7.25. The predicted molar refractivity (Wildman–Crippen MR) is 108 cm³/mol. The molecule has 0 radical (unpaired) electrons. The van der Waals surface area contributed by atoms with Crippen LogP contribution in [0.1, 0.15) is 32.8 Å². The molecule has 0 saturated carbocycles. The molecule has 1 aromatic carbocycles. The summed E-state index contributed by atoms with van der Waals surface area (Å²) in [4.78, 5) is 24.4. The first-order valence-electron chi connectivity index (χ1n) is 9.11. The highest BCUT2D eigenvalue weighted by Gasteiger charge is 2.44. The summed E-state index contributed by atoms with van der Waals surface area (Å²) in [6.07, 6.45) is 1.69. The van der Waals surface area contributed by atoms with E-state index in [1.807, 2.05) is 31.2 Å². The molecule has 0 aromatic heterocycles. The quantitative estimate of drug-likeness (QED) is 0.737. The Bertz CT molecular complexity index is 849. The van der Waals surface area contributed by atoms with Crippen LogP contribution in [0, 0.1) is 34.0 Å². The Morgan fingerprint density at radius 3 is 2.61 bits per heavy atom. The van der Waals surface area contributed by atoms with Crippen molar-refractivity contribution in [2.75, 3.05) is 5.75 Å². The molecule has 1 aromatic rings. The Morgan fingerprint density at radius 1 is 1.32 bits per heavy atom. The van der Waals surface area contributed by atoms with Gasteiger partial charge >= 0.3 is 0 Å². The van der Waals surface area contributed by atoms with Gasteiger partial charge in [0.05, 0.1) is 28.5 Å². The van der Waals surface area contributed by atoms with E-state index in [4.69, 9.17) is 0 Å². The summed E-state index contributed by atoms with van der Waals surface area (Å²) in [5, 5.41) is 24.6. The number of nitrogens with zero attached hydrogens (tertiary/aromatic N) is 2. The number of aryl methyl sites for hydroxylation is 1. The van der Waals surface area contributed by atoms with Crippen LogP contribution < -0.4 is 10.6 Å². The summed E-state index contributed by atoms with van der Waals surface area (Å²) in [5.41, 5.74) is 0.655. The third-order valence-electron chi connectivity index (χ3n) is 4.80. The minimum atomic E-state index is -0.932. The van der Waals surface area contributed by atoms with Gasteiger partial charge in [0.1, 0.15) is 5.92 Å². The minimum absolute atomic E-state index is 0.0121. The van der Waals surface area contributed by atoms with E-state index >= 15 is 0 Å². The molecule has 1 heterocycles. The van der Waals surface area contributed by atoms with Crippen molar-refractivity contribution >= 4 is 23.6 Å². The lowest BCUT2D eigenvalue weighted by atomic mass is 9.72. The fourth-order valence-corrected chi connectivity index (χ4v) is 4.07. The molecule has 146 valence electrons. The zero-order valence-corrected chi connectivity index (χ0v) is 17.1. The fraction of sp³-hybridized carbons (Fsp3) is 0.429. The molecule has 0 saturated heterocycles. The van der Waals surface area contributed by atoms with E-state index in [2.05, 4.69) is 28.8 Å². The standard InChI is InChI=1S/C21H24N4O2S/c1-14(9-10-15-7-5-4-6-8-15)24-18(26)13-28-20-17(12-23)21(2,3)16(11-22)19(27)25-20/h4-8,14,16H,9-10,13H2,1-3H3,(H,24,26)(H,25,27)/t14-,16-/m0/s1. The van der Waals surface area contributed by atoms with E-state index in [0.717, 1.165) is 24.6 Å². The maximum Gasteiger partial charge on any atom is 0.243 e. The van der Waals surface area contributed by atoms with Crippen molar-refractivity contribution in [1.29, 1.82) is 10.5 Å². The zero-order chi connectivity index (χ0) is 20.7. The number of hydrogen-bond donors (Lipinski definition) is 2. The normalized spacial score (nSPS) is 19.2. The van der Waals surface area contributed by atoms with Crippen molar-refractivity contribution in [3.05, 3.63) is 46.5 Å². The van der Waals surface area contributed by atoms with Crippen LogP contribution in [-0.4, -0.2) is 23.6 Å². The largest absolute Gasteiger partial charge is 0.353 e. The van der Waals surface area contributed by atoms with Crippen LogP contribution in [0.4, 0.5) is 0 Å². The number of allylic oxidation sites excluding steroid dienone is 1. The summed E-state index contributed by atoms with van der Waals surface area (Å²) >= 11 is 1.12. The van der Waals surface area contributed by atoms with Crippen LogP contribution in [0.25, 0.3) is 0 Å². The van der Waals surface area contributed by atoms with Crippen LogP contribution in [-0.2, 0) is 16.0 Å². The van der Waals surface area contributed by atoms with Gasteiger partial charge in [0.2, 0.25) is 11.8 Å². The molecule has 0 aliphatic carbocycles. The molecule has 28 heavy (non-hydrogen) atoms. The van der Waals surface area contributed by atoms with Gasteiger partial charge in [-0.15, -0.1) is 0 Å². The highest BCUT2D eigenvalue weighted by molar-refractivity contribution is 8.03. The maximum absolute atomic E-state index is 12.3. The third-order valence-corrected chi connectivity index (χ3v) is 5.80. The van der Waals surface area contributed by atoms with Crippen molar-refractivity contribution in [2.24, 2.45) is 11.3 Å². The van der Waals surface area contributed by atoms with Gasteiger partial charge in [0.25, 0.3) is 0 Å². The van der Waals surface area contributed by atoms with Gasteiger partial charge in [-0.2, -0.15) is 10.5 Å². The maximum atomic E-state index is 12.3. The summed E-state index contributed by atoms with van der Waals surface area (Å²) < 4.78 is 0. The first-order valence-corrected chi connectivity index (χ1v) is 10.1. The lowest BCUT2D eigenvalue weighted by Gasteiger charge is -2.34. The molecule has 0 fully saturated rings. The molecule has 2 atom stereocenters. The average Bonchev–Trinajstić information content (AvgIpc) is 2.65. The summed E-state index contributed by atoms with van der Waals surface area (Å²) in [7, 11) is 0. The van der Waals surface area contributed by atoms with Crippen molar-refractivity contribution < 1.29 is 9.59 Å². The van der Waals surface area contributed by atoms with Crippen LogP contribution in [0.3, 0.4) is 0 Å². The molecule has 1 aliphatic heterocycles. The molecule has 2 N–H and O–H groups in total. The number of thioether (sulfide) groups is 1. The number of nitrogens with one attached hydrogen (secondary N) is 2. The highest BCUT2D eigenvalue weighted by Crippen LogP contribution is 2.41. The minimum Gasteiger partial charge on any atom is -0.353 e. The summed E-state index contributed by atoms with van der Waals surface area (Å²) in [6, 6.07) is 14.1. The zero-order valence-electron chi connectivity index (χ0n) is 16.3. The van der Waals surface area contributed by atoms with Crippen LogP contribution in [0.5, 0.6) is 0 Å². The molecule has 0 bridgehead atoms. The molecule has 6 nitrogen and oxygen atoms in total. The van der Waals surface area contributed by atoms with Gasteiger partial charge < -0.3 is 10.6 Å². The molecule has 1 aliphatic rings. The molecular formula is C21H24N4O2S. The topological polar surface area (TPSA) is 106 Å². The van der Waals surface area contributed by atoms with Gasteiger partial charge in [-0.25, -0.2) is 0 Å². The second-order valence-electron chi connectivity index (χ2n) is 7.37. The SMILES string of the molecule is C[C@@H](CCc1ccccc1)NC(=O)CSC1=C(C#N)C(C)(C)[C@@H](C#N)C(=O)N1. The number of carbonyl (C=O) groups excluding carboxylic acids is 2. The number of amides is 2. The summed E-state index contributed by atoms with van der Waals surface area (Å²) in [5.74, 6) is -1.45. The van der Waals surface area contributed by atoms with E-state index < -0.39 is 17.2 Å². The number of hydrogen-bond acceptors (Lipinski definition) is 5. The molecule has 0 unspecified atom stereocenters. The molecule has 0 spiro atoms. The number of nitriles is 2. The fourth-order valence-electron chi connectivity index (χ4n) is 3.09. The van der Waals surface area contributed by atoms with Crippen molar-refractivity contribution in [3.63, 3.8) is 0 Å². The average molecular weight is 397 g/mol. The van der Waals surface area contributed by atoms with Gasteiger partial charge in [0.15, 0.2) is 0 Å². The third kappa shape index (κ3) is 5.15. The lowest BCUT2D eigenvalue weighted by Crippen LogP contribution is -2.44. The molecular weight excluding hydrogens is 372 g/mol. The number of carbonyl (C=O) groups is 2. The van der Waals surface area contributed by atoms with Crippen LogP contribution in [0.2, 0.25) is 0 Å². The Balaban J connectivity index is 1.92. The van der Waals surface area contributed by atoms with Gasteiger partial charge in [-0.3, -0.25) is 9.59 Å². The van der Waals surface area contributed by atoms with E-state index in [0.29, 0.717) is 10.6 Å². The summed E-state index contributed by atoms with van der Waals surface area (Å²) in [6.45, 7) is 5.35. The first kappa shape index (κ1) is 21.5. The van der Waals surface area contributed by atoms with E-state index in [-0.39, 0.29) is 17.7 Å². The monoisotopic (exact) mass is 396 g/mol. The molecule has 2 amide bonds. The van der Waals surface area contributed by atoms with Crippen LogP contribution in [0.15, 0.2) is 40.9 Å². The second-order valence-corrected chi connectivity index (χ2v) is 8.36.